The molecule has 0 amide bonds. The van der Waals surface area contributed by atoms with Gasteiger partial charge in [-0.25, -0.2) is 4.98 Å². The van der Waals surface area contributed by atoms with Crippen molar-refractivity contribution in [2.75, 3.05) is 10.6 Å². The van der Waals surface area contributed by atoms with Gasteiger partial charge in [-0.3, -0.25) is 0 Å². The van der Waals surface area contributed by atoms with Crippen LogP contribution in [-0.2, 0) is 13.1 Å². The van der Waals surface area contributed by atoms with Gasteiger partial charge in [0.1, 0.15) is 0 Å². The number of nitrogens with zero attached hydrogens (tertiary/aromatic N) is 5. The Morgan fingerprint density at radius 3 is 2.24 bits per heavy atom. The molecule has 1 aliphatic carbocycles. The van der Waals surface area contributed by atoms with E-state index in [9.17, 15) is 0 Å². The van der Waals surface area contributed by atoms with Crippen LogP contribution in [0.15, 0.2) is 60.9 Å². The lowest BCUT2D eigenvalue weighted by molar-refractivity contribution is 0.461. The van der Waals surface area contributed by atoms with Gasteiger partial charge < -0.3 is 15.2 Å². The first-order valence-electron chi connectivity index (χ1n) is 13.4. The molecule has 0 radical (unpaired) electrons. The van der Waals surface area contributed by atoms with E-state index in [1.807, 2.05) is 26.2 Å². The van der Waals surface area contributed by atoms with E-state index in [1.165, 1.54) is 55.7 Å². The minimum Gasteiger partial charge on any atom is -0.364 e. The Labute approximate surface area is 221 Å². The van der Waals surface area contributed by atoms with E-state index >= 15 is 0 Å². The summed E-state index contributed by atoms with van der Waals surface area (Å²) in [4.78, 5) is 14.2. The molecule has 5 rings (SSSR count). The number of benzene rings is 2. The summed E-state index contributed by atoms with van der Waals surface area (Å²) < 4.78 is 2.07. The Morgan fingerprint density at radius 2 is 1.59 bits per heavy atom. The molecule has 0 unspecified atom stereocenters. The van der Waals surface area contributed by atoms with E-state index in [1.54, 1.807) is 6.07 Å². The summed E-state index contributed by atoms with van der Waals surface area (Å²) in [6.45, 7) is 9.05. The number of imidazole rings is 1. The molecule has 0 saturated heterocycles. The molecular formula is C30H39N7. The monoisotopic (exact) mass is 497 g/mol. The molecule has 7 nitrogen and oxygen atoms in total. The highest BCUT2D eigenvalue weighted by Gasteiger charge is 2.17. The zero-order valence-electron chi connectivity index (χ0n) is 22.5. The van der Waals surface area contributed by atoms with Crippen molar-refractivity contribution in [1.29, 1.82) is 5.26 Å². The van der Waals surface area contributed by atoms with E-state index in [0.29, 0.717) is 18.5 Å². The van der Waals surface area contributed by atoms with Gasteiger partial charge in [-0.2, -0.15) is 15.2 Å². The molecule has 4 aromatic rings. The van der Waals surface area contributed by atoms with Gasteiger partial charge in [0.25, 0.3) is 0 Å². The van der Waals surface area contributed by atoms with Gasteiger partial charge in [-0.1, -0.05) is 87.7 Å². The quantitative estimate of drug-likeness (QED) is 0.276. The van der Waals surface area contributed by atoms with Crippen LogP contribution in [0.5, 0.6) is 0 Å². The molecule has 194 valence electrons. The first-order valence-corrected chi connectivity index (χ1v) is 13.4. The number of anilines is 2. The summed E-state index contributed by atoms with van der Waals surface area (Å²) in [5.74, 6) is 1.48. The van der Waals surface area contributed by atoms with Crippen molar-refractivity contribution >= 4 is 22.9 Å². The smallest absolute Gasteiger partial charge is 0.227 e. The van der Waals surface area contributed by atoms with Crippen molar-refractivity contribution in [3.8, 4) is 17.2 Å². The normalized spacial score (nSPS) is 12.9. The average molecular weight is 498 g/mol. The van der Waals surface area contributed by atoms with Gasteiger partial charge in [0, 0.05) is 26.1 Å². The zero-order valence-corrected chi connectivity index (χ0v) is 22.5. The highest BCUT2D eigenvalue weighted by Crippen LogP contribution is 2.25. The number of aryl methyl sites for hydroxylation is 1. The summed E-state index contributed by atoms with van der Waals surface area (Å²) in [5.41, 5.74) is 5.35. The summed E-state index contributed by atoms with van der Waals surface area (Å²) >= 11 is 0. The summed E-state index contributed by atoms with van der Waals surface area (Å²) in [7, 11) is 0. The molecule has 37 heavy (non-hydrogen) atoms. The molecule has 7 heteroatoms. The molecule has 0 bridgehead atoms. The van der Waals surface area contributed by atoms with Crippen LogP contribution < -0.4 is 10.6 Å². The Kier molecular flexibility index (Phi) is 10.9. The van der Waals surface area contributed by atoms with Crippen molar-refractivity contribution in [2.45, 2.75) is 78.9 Å². The van der Waals surface area contributed by atoms with E-state index in [4.69, 9.17) is 15.2 Å². The summed E-state index contributed by atoms with van der Waals surface area (Å²) in [5, 5.41) is 14.4. The van der Waals surface area contributed by atoms with Gasteiger partial charge in [0.2, 0.25) is 5.95 Å². The largest absolute Gasteiger partial charge is 0.364 e. The van der Waals surface area contributed by atoms with Crippen molar-refractivity contribution < 1.29 is 0 Å². The van der Waals surface area contributed by atoms with E-state index in [0.717, 1.165) is 23.5 Å². The second-order valence-corrected chi connectivity index (χ2v) is 8.72. The topological polar surface area (TPSA) is 91.5 Å². The third kappa shape index (κ3) is 7.53. The fourth-order valence-corrected chi connectivity index (χ4v) is 4.42. The third-order valence-corrected chi connectivity index (χ3v) is 6.26. The second kappa shape index (κ2) is 14.6. The van der Waals surface area contributed by atoms with Crippen LogP contribution in [0.25, 0.3) is 22.3 Å². The van der Waals surface area contributed by atoms with Crippen LogP contribution in [-0.4, -0.2) is 25.6 Å². The van der Waals surface area contributed by atoms with E-state index in [-0.39, 0.29) is 0 Å². The fourth-order valence-electron chi connectivity index (χ4n) is 4.42. The average Bonchev–Trinajstić information content (AvgIpc) is 3.38. The fraction of sp³-hybridized carbons (Fsp3) is 0.400. The van der Waals surface area contributed by atoms with E-state index < -0.39 is 0 Å². The second-order valence-electron chi connectivity index (χ2n) is 8.72. The Hall–Kier alpha value is -3.92. The Balaban J connectivity index is 0.000000711. The highest BCUT2D eigenvalue weighted by atomic mass is 15.2. The van der Waals surface area contributed by atoms with Crippen molar-refractivity contribution in [1.82, 2.24) is 19.5 Å². The molecule has 0 atom stereocenters. The van der Waals surface area contributed by atoms with Crippen molar-refractivity contribution in [3.63, 3.8) is 0 Å². The number of rotatable bonds is 7. The van der Waals surface area contributed by atoms with Crippen LogP contribution in [0.4, 0.5) is 11.8 Å². The van der Waals surface area contributed by atoms with Crippen LogP contribution in [0.3, 0.4) is 0 Å². The minimum atomic E-state index is 0.456. The Bertz CT molecular complexity index is 1250. The first-order chi connectivity index (χ1) is 18.2. The predicted octanol–water partition coefficient (Wildman–Crippen LogP) is 7.43. The lowest BCUT2D eigenvalue weighted by Crippen LogP contribution is -2.23. The number of hydrogen-bond acceptors (Lipinski definition) is 6. The summed E-state index contributed by atoms with van der Waals surface area (Å²) in [6, 6.07) is 21.3. The zero-order chi connectivity index (χ0) is 26.5. The first kappa shape index (κ1) is 27.7. The van der Waals surface area contributed by atoms with Gasteiger partial charge >= 0.3 is 0 Å². The molecule has 1 fully saturated rings. The Morgan fingerprint density at radius 1 is 0.946 bits per heavy atom. The molecule has 1 aliphatic rings. The number of hydrogen-bond donors (Lipinski definition) is 2. The van der Waals surface area contributed by atoms with E-state index in [2.05, 4.69) is 75.6 Å². The van der Waals surface area contributed by atoms with Crippen molar-refractivity contribution in [2.24, 2.45) is 0 Å². The maximum atomic E-state index is 7.32. The van der Waals surface area contributed by atoms with Gasteiger partial charge in [-0.15, -0.1) is 0 Å². The van der Waals surface area contributed by atoms with Crippen LogP contribution >= 0.6 is 0 Å². The lowest BCUT2D eigenvalue weighted by Gasteiger charge is -2.23. The van der Waals surface area contributed by atoms with Gasteiger partial charge in [0.05, 0.1) is 12.4 Å². The van der Waals surface area contributed by atoms with Gasteiger partial charge in [-0.05, 0) is 36.5 Å². The standard InChI is InChI=1S/C26H30N6.C2H3N.C2H6/c1-2-32-18-28-23-24(30-26(31-25(23)32)29-22-11-7-4-8-12-22)27-17-19-13-15-21(16-14-19)20-9-5-3-6-10-20;1-2-3;1-2/h3,5-6,9-10,13-16,18,22H,2,4,7-8,11-12,17H2,1H3,(H2,27,29,30,31);1H3;1-2H3. The number of fused-ring (bicyclic) bond motifs is 1. The number of aromatic nitrogens is 4. The molecular weight excluding hydrogens is 458 g/mol. The predicted molar refractivity (Wildman–Crippen MR) is 153 cm³/mol. The number of nitrogens with one attached hydrogen (secondary N) is 2. The highest BCUT2D eigenvalue weighted by molar-refractivity contribution is 5.84. The summed E-state index contributed by atoms with van der Waals surface area (Å²) in [6.07, 6.45) is 8.10. The lowest BCUT2D eigenvalue weighted by atomic mass is 9.96. The number of nitriles is 1. The minimum absolute atomic E-state index is 0.456. The molecule has 2 heterocycles. The molecule has 2 aromatic carbocycles. The molecule has 1 saturated carbocycles. The van der Waals surface area contributed by atoms with Crippen LogP contribution in [0, 0.1) is 11.3 Å². The maximum Gasteiger partial charge on any atom is 0.227 e. The molecule has 0 aliphatic heterocycles. The van der Waals surface area contributed by atoms with Crippen molar-refractivity contribution in [3.05, 3.63) is 66.5 Å². The SMILES string of the molecule is CC.CC#N.CCn1cnc2c(NCc3ccc(-c4ccccc4)cc3)nc(NC3CCCCC3)nc21. The molecule has 0 spiro atoms. The van der Waals surface area contributed by atoms with Gasteiger partial charge in [0.15, 0.2) is 17.0 Å². The molecule has 2 N–H and O–H groups in total. The van der Waals surface area contributed by atoms with Crippen LogP contribution in [0.1, 0.15) is 65.4 Å². The third-order valence-electron chi connectivity index (χ3n) is 6.26. The maximum absolute atomic E-state index is 7.32. The molecule has 2 aromatic heterocycles. The van der Waals surface area contributed by atoms with Crippen LogP contribution in [0.2, 0.25) is 0 Å².